The molecule has 0 spiro atoms. The summed E-state index contributed by atoms with van der Waals surface area (Å²) in [6.07, 6.45) is 4.98. The van der Waals surface area contributed by atoms with Crippen molar-refractivity contribution in [1.29, 1.82) is 0 Å². The van der Waals surface area contributed by atoms with Crippen LogP contribution in [0.25, 0.3) is 0 Å². The van der Waals surface area contributed by atoms with Gasteiger partial charge in [0.1, 0.15) is 12.1 Å². The van der Waals surface area contributed by atoms with Gasteiger partial charge in [0.25, 0.3) is 5.91 Å². The molecule has 1 aliphatic rings. The standard InChI is InChI=1S/C16H20N4O3/c1-17-15-10-12(4-6-18-15)2-3-13-11-20(7-9-22-13)16(21)14-5-8-23-19-14/h4-6,8,10,13H,2-3,7,9,11H2,1H3,(H,17,18). The third-order valence-corrected chi connectivity index (χ3v) is 3.92. The van der Waals surface area contributed by atoms with E-state index in [0.29, 0.717) is 25.4 Å². The molecule has 0 bridgehead atoms. The van der Waals surface area contributed by atoms with Crippen molar-refractivity contribution in [3.63, 3.8) is 0 Å². The van der Waals surface area contributed by atoms with Gasteiger partial charge in [-0.2, -0.15) is 0 Å². The fourth-order valence-corrected chi connectivity index (χ4v) is 2.66. The van der Waals surface area contributed by atoms with Crippen LogP contribution in [0.15, 0.2) is 35.2 Å². The Kier molecular flexibility index (Phi) is 4.87. The maximum atomic E-state index is 12.3. The lowest BCUT2D eigenvalue weighted by Crippen LogP contribution is -2.45. The van der Waals surface area contributed by atoms with Crippen LogP contribution in [0.5, 0.6) is 0 Å². The number of hydrogen-bond acceptors (Lipinski definition) is 6. The van der Waals surface area contributed by atoms with Gasteiger partial charge in [-0.1, -0.05) is 5.16 Å². The summed E-state index contributed by atoms with van der Waals surface area (Å²) in [7, 11) is 1.85. The Morgan fingerprint density at radius 1 is 1.48 bits per heavy atom. The number of rotatable bonds is 5. The Labute approximate surface area is 134 Å². The third-order valence-electron chi connectivity index (χ3n) is 3.92. The van der Waals surface area contributed by atoms with E-state index in [1.165, 1.54) is 11.8 Å². The van der Waals surface area contributed by atoms with E-state index in [0.717, 1.165) is 18.7 Å². The monoisotopic (exact) mass is 316 g/mol. The molecule has 1 N–H and O–H groups in total. The molecule has 122 valence electrons. The van der Waals surface area contributed by atoms with Crippen LogP contribution in [-0.2, 0) is 11.2 Å². The number of morpholine rings is 1. The number of aryl methyl sites for hydroxylation is 1. The highest BCUT2D eigenvalue weighted by Gasteiger charge is 2.26. The van der Waals surface area contributed by atoms with Crippen LogP contribution in [0.3, 0.4) is 0 Å². The molecule has 23 heavy (non-hydrogen) atoms. The van der Waals surface area contributed by atoms with E-state index < -0.39 is 0 Å². The number of pyridine rings is 1. The van der Waals surface area contributed by atoms with Gasteiger partial charge in [0.05, 0.1) is 12.7 Å². The summed E-state index contributed by atoms with van der Waals surface area (Å²) < 4.78 is 10.5. The predicted molar refractivity (Wildman–Crippen MR) is 84.3 cm³/mol. The van der Waals surface area contributed by atoms with Crippen LogP contribution < -0.4 is 5.32 Å². The topological polar surface area (TPSA) is 80.5 Å². The molecule has 1 atom stereocenters. The number of aromatic nitrogens is 2. The number of carbonyl (C=O) groups is 1. The molecule has 7 heteroatoms. The lowest BCUT2D eigenvalue weighted by molar-refractivity contribution is -0.0248. The van der Waals surface area contributed by atoms with E-state index in [9.17, 15) is 4.79 Å². The van der Waals surface area contributed by atoms with Crippen molar-refractivity contribution in [2.75, 3.05) is 32.1 Å². The number of hydrogen-bond donors (Lipinski definition) is 1. The SMILES string of the molecule is CNc1cc(CCC2CN(C(=O)c3ccon3)CCO2)ccn1. The molecule has 0 aromatic carbocycles. The van der Waals surface area contributed by atoms with Crippen molar-refractivity contribution < 1.29 is 14.1 Å². The summed E-state index contributed by atoms with van der Waals surface area (Å²) in [5.41, 5.74) is 1.55. The highest BCUT2D eigenvalue weighted by atomic mass is 16.5. The van der Waals surface area contributed by atoms with Gasteiger partial charge in [-0.3, -0.25) is 4.79 Å². The first-order valence-corrected chi connectivity index (χ1v) is 7.70. The van der Waals surface area contributed by atoms with Crippen molar-refractivity contribution in [3.8, 4) is 0 Å². The Balaban J connectivity index is 1.55. The quantitative estimate of drug-likeness (QED) is 0.902. The van der Waals surface area contributed by atoms with Crippen LogP contribution in [0.2, 0.25) is 0 Å². The fraction of sp³-hybridized carbons (Fsp3) is 0.438. The average Bonchev–Trinajstić information content (AvgIpc) is 3.14. The summed E-state index contributed by atoms with van der Waals surface area (Å²) in [6.45, 7) is 1.71. The first-order valence-electron chi connectivity index (χ1n) is 7.70. The zero-order chi connectivity index (χ0) is 16.1. The number of amides is 1. The minimum absolute atomic E-state index is 0.0332. The smallest absolute Gasteiger partial charge is 0.276 e. The maximum absolute atomic E-state index is 12.3. The second-order valence-corrected chi connectivity index (χ2v) is 5.47. The van der Waals surface area contributed by atoms with E-state index >= 15 is 0 Å². The van der Waals surface area contributed by atoms with E-state index in [1.54, 1.807) is 17.2 Å². The summed E-state index contributed by atoms with van der Waals surface area (Å²) >= 11 is 0. The zero-order valence-corrected chi connectivity index (χ0v) is 13.1. The summed E-state index contributed by atoms with van der Waals surface area (Å²) in [4.78, 5) is 18.3. The Hall–Kier alpha value is -2.41. The number of anilines is 1. The Bertz CT molecular complexity index is 645. The van der Waals surface area contributed by atoms with Crippen molar-refractivity contribution in [1.82, 2.24) is 15.0 Å². The average molecular weight is 316 g/mol. The molecule has 1 amide bonds. The van der Waals surface area contributed by atoms with Crippen molar-refractivity contribution in [2.45, 2.75) is 18.9 Å². The first kappa shape index (κ1) is 15.5. The van der Waals surface area contributed by atoms with Gasteiger partial charge in [-0.25, -0.2) is 4.98 Å². The van der Waals surface area contributed by atoms with E-state index in [1.807, 2.05) is 19.2 Å². The van der Waals surface area contributed by atoms with Crippen LogP contribution in [0.4, 0.5) is 5.82 Å². The molecule has 1 aliphatic heterocycles. The zero-order valence-electron chi connectivity index (χ0n) is 13.1. The van der Waals surface area contributed by atoms with E-state index in [-0.39, 0.29) is 12.0 Å². The minimum Gasteiger partial charge on any atom is -0.375 e. The Morgan fingerprint density at radius 3 is 3.17 bits per heavy atom. The lowest BCUT2D eigenvalue weighted by Gasteiger charge is -2.32. The molecule has 0 saturated carbocycles. The van der Waals surface area contributed by atoms with Gasteiger partial charge in [0.2, 0.25) is 0 Å². The fourth-order valence-electron chi connectivity index (χ4n) is 2.66. The molecule has 0 radical (unpaired) electrons. The normalized spacial score (nSPS) is 18.0. The van der Waals surface area contributed by atoms with Gasteiger partial charge in [-0.15, -0.1) is 0 Å². The number of carbonyl (C=O) groups excluding carboxylic acids is 1. The third kappa shape index (κ3) is 3.87. The largest absolute Gasteiger partial charge is 0.375 e. The van der Waals surface area contributed by atoms with Gasteiger partial charge >= 0.3 is 0 Å². The molecule has 1 unspecified atom stereocenters. The molecule has 3 heterocycles. The second-order valence-electron chi connectivity index (χ2n) is 5.47. The van der Waals surface area contributed by atoms with Gasteiger partial charge in [-0.05, 0) is 30.5 Å². The molecule has 1 saturated heterocycles. The van der Waals surface area contributed by atoms with E-state index in [4.69, 9.17) is 9.26 Å². The van der Waals surface area contributed by atoms with Gasteiger partial charge < -0.3 is 19.5 Å². The van der Waals surface area contributed by atoms with Gasteiger partial charge in [0.15, 0.2) is 5.69 Å². The van der Waals surface area contributed by atoms with Crippen LogP contribution in [-0.4, -0.2) is 53.8 Å². The number of nitrogens with zero attached hydrogens (tertiary/aromatic N) is 3. The van der Waals surface area contributed by atoms with Crippen LogP contribution in [0.1, 0.15) is 22.5 Å². The summed E-state index contributed by atoms with van der Waals surface area (Å²) in [6, 6.07) is 5.62. The molecule has 0 aliphatic carbocycles. The molecule has 2 aromatic heterocycles. The number of nitrogens with one attached hydrogen (secondary N) is 1. The maximum Gasteiger partial charge on any atom is 0.276 e. The Morgan fingerprint density at radius 2 is 2.39 bits per heavy atom. The van der Waals surface area contributed by atoms with Crippen molar-refractivity contribution in [3.05, 3.63) is 41.9 Å². The molecular weight excluding hydrogens is 296 g/mol. The first-order chi connectivity index (χ1) is 11.3. The highest BCUT2D eigenvalue weighted by molar-refractivity contribution is 5.92. The summed E-state index contributed by atoms with van der Waals surface area (Å²) in [5, 5.41) is 6.74. The van der Waals surface area contributed by atoms with Crippen LogP contribution >= 0.6 is 0 Å². The second kappa shape index (κ2) is 7.23. The highest BCUT2D eigenvalue weighted by Crippen LogP contribution is 2.15. The van der Waals surface area contributed by atoms with Crippen molar-refractivity contribution >= 4 is 11.7 Å². The molecule has 1 fully saturated rings. The molecule has 3 rings (SSSR count). The van der Waals surface area contributed by atoms with Crippen LogP contribution in [0, 0.1) is 0 Å². The lowest BCUT2D eigenvalue weighted by atomic mass is 10.1. The van der Waals surface area contributed by atoms with Gasteiger partial charge in [0, 0.05) is 32.4 Å². The molecule has 7 nitrogen and oxygen atoms in total. The molecular formula is C16H20N4O3. The van der Waals surface area contributed by atoms with E-state index in [2.05, 4.69) is 15.5 Å². The number of ether oxygens (including phenoxy) is 1. The molecule has 2 aromatic rings. The summed E-state index contributed by atoms with van der Waals surface area (Å²) in [5.74, 6) is 0.753. The van der Waals surface area contributed by atoms with Crippen molar-refractivity contribution in [2.24, 2.45) is 0 Å². The minimum atomic E-state index is -0.103. The predicted octanol–water partition coefficient (Wildman–Crippen LogP) is 1.59.